The van der Waals surface area contributed by atoms with Crippen molar-refractivity contribution in [3.05, 3.63) is 0 Å². The van der Waals surface area contributed by atoms with Gasteiger partial charge in [-0.1, -0.05) is 6.92 Å². The van der Waals surface area contributed by atoms with Crippen molar-refractivity contribution in [3.63, 3.8) is 0 Å². The molecule has 1 aliphatic heterocycles. The fourth-order valence-electron chi connectivity index (χ4n) is 2.43. The lowest BCUT2D eigenvalue weighted by Crippen LogP contribution is -2.49. The van der Waals surface area contributed by atoms with E-state index >= 15 is 0 Å². The molecule has 1 N–H and O–H groups in total. The van der Waals surface area contributed by atoms with Gasteiger partial charge in [0.2, 0.25) is 0 Å². The summed E-state index contributed by atoms with van der Waals surface area (Å²) in [5.41, 5.74) is -0.402. The third-order valence-corrected chi connectivity index (χ3v) is 3.44. The molecular weight excluding hydrogens is 226 g/mol. The minimum Gasteiger partial charge on any atom is -0.373 e. The molecule has 4 nitrogen and oxygen atoms in total. The lowest BCUT2D eigenvalue weighted by Gasteiger charge is -2.36. The molecule has 0 bridgehead atoms. The predicted molar refractivity (Wildman–Crippen MR) is 73.4 cm³/mol. The van der Waals surface area contributed by atoms with Crippen molar-refractivity contribution >= 4 is 0 Å². The topological polar surface area (TPSA) is 48.3 Å². The van der Waals surface area contributed by atoms with E-state index in [1.54, 1.807) is 0 Å². The van der Waals surface area contributed by atoms with Crippen LogP contribution in [-0.2, 0) is 4.74 Å². The maximum Gasteiger partial charge on any atom is 0.105 e. The quantitative estimate of drug-likeness (QED) is 0.783. The number of nitrogens with zero attached hydrogens (tertiary/aromatic N) is 2. The van der Waals surface area contributed by atoms with Crippen LogP contribution in [0.1, 0.15) is 40.5 Å². The van der Waals surface area contributed by atoms with E-state index in [0.717, 1.165) is 39.0 Å². The van der Waals surface area contributed by atoms with Gasteiger partial charge in [0, 0.05) is 19.6 Å². The fourth-order valence-corrected chi connectivity index (χ4v) is 2.43. The molecule has 104 valence electrons. The van der Waals surface area contributed by atoms with Crippen LogP contribution in [-0.4, -0.2) is 48.8 Å². The van der Waals surface area contributed by atoms with E-state index in [1.807, 2.05) is 6.92 Å². The molecule has 0 amide bonds. The number of morpholine rings is 1. The van der Waals surface area contributed by atoms with Crippen molar-refractivity contribution in [1.82, 2.24) is 10.2 Å². The molecule has 0 saturated carbocycles. The Kier molecular flexibility index (Phi) is 6.07. The molecule has 0 radical (unpaired) electrons. The number of ether oxygens (including phenoxy) is 1. The summed E-state index contributed by atoms with van der Waals surface area (Å²) in [6, 6.07) is 2.41. The monoisotopic (exact) mass is 253 g/mol. The van der Waals surface area contributed by atoms with E-state index in [4.69, 9.17) is 4.74 Å². The molecule has 0 aromatic heterocycles. The molecule has 3 unspecified atom stereocenters. The highest BCUT2D eigenvalue weighted by Crippen LogP contribution is 2.14. The van der Waals surface area contributed by atoms with E-state index in [0.29, 0.717) is 12.2 Å². The van der Waals surface area contributed by atoms with Crippen molar-refractivity contribution in [1.29, 1.82) is 5.26 Å². The lowest BCUT2D eigenvalue weighted by molar-refractivity contribution is -0.0689. The van der Waals surface area contributed by atoms with Gasteiger partial charge in [-0.2, -0.15) is 5.26 Å². The zero-order chi connectivity index (χ0) is 13.6. The standard InChI is InChI=1S/C14H27N3O/c1-5-7-16-14(4,11-15)6-8-17-9-12(2)18-13(3)10-17/h12-13,16H,5-10H2,1-4H3. The summed E-state index contributed by atoms with van der Waals surface area (Å²) in [5, 5.41) is 12.6. The van der Waals surface area contributed by atoms with Crippen LogP contribution in [0.5, 0.6) is 0 Å². The van der Waals surface area contributed by atoms with E-state index < -0.39 is 5.54 Å². The largest absolute Gasteiger partial charge is 0.373 e. The van der Waals surface area contributed by atoms with Gasteiger partial charge in [0.25, 0.3) is 0 Å². The first-order valence-electron chi connectivity index (χ1n) is 7.03. The van der Waals surface area contributed by atoms with Crippen LogP contribution in [0.4, 0.5) is 0 Å². The van der Waals surface area contributed by atoms with Gasteiger partial charge in [0.1, 0.15) is 5.54 Å². The highest BCUT2D eigenvalue weighted by atomic mass is 16.5. The minimum absolute atomic E-state index is 0.297. The fraction of sp³-hybridized carbons (Fsp3) is 0.929. The highest BCUT2D eigenvalue weighted by molar-refractivity contribution is 5.04. The molecule has 18 heavy (non-hydrogen) atoms. The Morgan fingerprint density at radius 1 is 1.39 bits per heavy atom. The third-order valence-electron chi connectivity index (χ3n) is 3.44. The Morgan fingerprint density at radius 2 is 2.00 bits per heavy atom. The van der Waals surface area contributed by atoms with Gasteiger partial charge in [-0.25, -0.2) is 0 Å². The van der Waals surface area contributed by atoms with Gasteiger partial charge in [0.15, 0.2) is 0 Å². The van der Waals surface area contributed by atoms with Crippen LogP contribution in [0.2, 0.25) is 0 Å². The molecule has 0 aromatic carbocycles. The number of hydrogen-bond acceptors (Lipinski definition) is 4. The molecule has 1 heterocycles. The van der Waals surface area contributed by atoms with Crippen LogP contribution in [0, 0.1) is 11.3 Å². The number of rotatable bonds is 6. The zero-order valence-corrected chi connectivity index (χ0v) is 12.2. The first kappa shape index (κ1) is 15.4. The van der Waals surface area contributed by atoms with Crippen LogP contribution in [0.15, 0.2) is 0 Å². The van der Waals surface area contributed by atoms with Gasteiger partial charge in [-0.3, -0.25) is 10.2 Å². The van der Waals surface area contributed by atoms with Crippen molar-refractivity contribution < 1.29 is 4.74 Å². The maximum atomic E-state index is 9.29. The molecule has 1 aliphatic rings. The Balaban J connectivity index is 2.40. The van der Waals surface area contributed by atoms with Crippen LogP contribution >= 0.6 is 0 Å². The maximum absolute atomic E-state index is 9.29. The third kappa shape index (κ3) is 4.93. The van der Waals surface area contributed by atoms with Crippen molar-refractivity contribution in [2.75, 3.05) is 26.2 Å². The van der Waals surface area contributed by atoms with E-state index in [9.17, 15) is 5.26 Å². The van der Waals surface area contributed by atoms with Crippen LogP contribution in [0.3, 0.4) is 0 Å². The summed E-state index contributed by atoms with van der Waals surface area (Å²) in [7, 11) is 0. The average molecular weight is 253 g/mol. The molecule has 1 rings (SSSR count). The summed E-state index contributed by atoms with van der Waals surface area (Å²) in [4.78, 5) is 2.40. The number of hydrogen-bond donors (Lipinski definition) is 1. The van der Waals surface area contributed by atoms with Gasteiger partial charge in [0.05, 0.1) is 18.3 Å². The predicted octanol–water partition coefficient (Wildman–Crippen LogP) is 1.77. The summed E-state index contributed by atoms with van der Waals surface area (Å²) in [6.45, 7) is 12.1. The normalized spacial score (nSPS) is 28.6. The van der Waals surface area contributed by atoms with E-state index in [2.05, 4.69) is 37.1 Å². The summed E-state index contributed by atoms with van der Waals surface area (Å²) in [5.74, 6) is 0. The van der Waals surface area contributed by atoms with E-state index in [-0.39, 0.29) is 0 Å². The number of nitriles is 1. The SMILES string of the molecule is CCCNC(C)(C#N)CCN1CC(C)OC(C)C1. The Hall–Kier alpha value is -0.630. The molecule has 0 aromatic rings. The Morgan fingerprint density at radius 3 is 2.50 bits per heavy atom. The smallest absolute Gasteiger partial charge is 0.105 e. The van der Waals surface area contributed by atoms with Gasteiger partial charge in [-0.05, 0) is 40.2 Å². The summed E-state index contributed by atoms with van der Waals surface area (Å²) in [6.07, 6.45) is 2.52. The average Bonchev–Trinajstić information content (AvgIpc) is 2.33. The molecule has 1 fully saturated rings. The molecular formula is C14H27N3O. The second-order valence-corrected chi connectivity index (χ2v) is 5.64. The van der Waals surface area contributed by atoms with Gasteiger partial charge >= 0.3 is 0 Å². The highest BCUT2D eigenvalue weighted by Gasteiger charge is 2.27. The molecule has 4 heteroatoms. The lowest BCUT2D eigenvalue weighted by atomic mass is 9.99. The molecule has 0 aliphatic carbocycles. The first-order chi connectivity index (χ1) is 8.49. The first-order valence-corrected chi connectivity index (χ1v) is 7.03. The zero-order valence-electron chi connectivity index (χ0n) is 12.2. The van der Waals surface area contributed by atoms with Gasteiger partial charge < -0.3 is 4.74 Å². The second-order valence-electron chi connectivity index (χ2n) is 5.64. The molecule has 0 spiro atoms. The minimum atomic E-state index is -0.402. The summed E-state index contributed by atoms with van der Waals surface area (Å²) >= 11 is 0. The summed E-state index contributed by atoms with van der Waals surface area (Å²) < 4.78 is 5.72. The van der Waals surface area contributed by atoms with Crippen molar-refractivity contribution in [2.45, 2.75) is 58.3 Å². The van der Waals surface area contributed by atoms with Gasteiger partial charge in [-0.15, -0.1) is 0 Å². The Labute approximate surface area is 111 Å². The van der Waals surface area contributed by atoms with Crippen LogP contribution in [0.25, 0.3) is 0 Å². The van der Waals surface area contributed by atoms with E-state index in [1.165, 1.54) is 0 Å². The van der Waals surface area contributed by atoms with Crippen molar-refractivity contribution in [3.8, 4) is 6.07 Å². The molecule has 1 saturated heterocycles. The number of nitrogens with one attached hydrogen (secondary N) is 1. The van der Waals surface area contributed by atoms with Crippen molar-refractivity contribution in [2.24, 2.45) is 0 Å². The Bertz CT molecular complexity index is 279. The second kappa shape index (κ2) is 7.08. The van der Waals surface area contributed by atoms with Crippen LogP contribution < -0.4 is 5.32 Å². The molecule has 3 atom stereocenters.